The zero-order valence-electron chi connectivity index (χ0n) is 10.2. The lowest BCUT2D eigenvalue weighted by Crippen LogP contribution is -1.90. The molecular formula is C17H11BrO. The fourth-order valence-corrected chi connectivity index (χ4v) is 3.23. The Morgan fingerprint density at radius 2 is 1.37 bits per heavy atom. The van der Waals surface area contributed by atoms with Crippen LogP contribution in [0.5, 0.6) is 0 Å². The fourth-order valence-electron chi connectivity index (χ4n) is 2.98. The molecule has 2 heteroatoms. The maximum absolute atomic E-state index is 5.13. The van der Waals surface area contributed by atoms with Crippen LogP contribution in [0.15, 0.2) is 54.6 Å². The molecular weight excluding hydrogens is 300 g/mol. The van der Waals surface area contributed by atoms with Crippen LogP contribution in [0.4, 0.5) is 0 Å². The summed E-state index contributed by atoms with van der Waals surface area (Å²) in [4.78, 5) is 0. The van der Waals surface area contributed by atoms with Gasteiger partial charge in [-0.15, -0.1) is 0 Å². The van der Waals surface area contributed by atoms with Gasteiger partial charge in [0.25, 0.3) is 0 Å². The maximum Gasteiger partial charge on any atom is 0.0991 e. The van der Waals surface area contributed by atoms with Crippen molar-refractivity contribution in [2.45, 2.75) is 6.61 Å². The first-order valence-corrected chi connectivity index (χ1v) is 6.92. The van der Waals surface area contributed by atoms with Crippen LogP contribution in [-0.4, -0.2) is 0 Å². The van der Waals surface area contributed by atoms with Crippen LogP contribution in [0.25, 0.3) is 32.3 Å². The molecule has 0 radical (unpaired) electrons. The van der Waals surface area contributed by atoms with E-state index in [0.29, 0.717) is 6.61 Å². The van der Waals surface area contributed by atoms with Crippen molar-refractivity contribution >= 4 is 48.6 Å². The van der Waals surface area contributed by atoms with E-state index >= 15 is 0 Å². The van der Waals surface area contributed by atoms with Crippen LogP contribution in [0.3, 0.4) is 0 Å². The summed E-state index contributed by atoms with van der Waals surface area (Å²) >= 11 is 3.05. The van der Waals surface area contributed by atoms with Gasteiger partial charge in [0.2, 0.25) is 0 Å². The molecule has 0 spiro atoms. The van der Waals surface area contributed by atoms with E-state index in [2.05, 4.69) is 70.9 Å². The number of halogens is 1. The van der Waals surface area contributed by atoms with Crippen LogP contribution in [0.1, 0.15) is 5.56 Å². The largest absolute Gasteiger partial charge is 0.303 e. The SMILES string of the molecule is BrOCc1ccc2ccc3cccc4ccc1c2c34. The molecule has 1 nitrogen and oxygen atoms in total. The van der Waals surface area contributed by atoms with E-state index in [-0.39, 0.29) is 0 Å². The van der Waals surface area contributed by atoms with Gasteiger partial charge < -0.3 is 3.83 Å². The summed E-state index contributed by atoms with van der Waals surface area (Å²) in [5.41, 5.74) is 1.21. The third-order valence-corrected chi connectivity index (χ3v) is 4.06. The average Bonchev–Trinajstić information content (AvgIpc) is 2.46. The third kappa shape index (κ3) is 1.57. The van der Waals surface area contributed by atoms with E-state index in [9.17, 15) is 0 Å². The highest BCUT2D eigenvalue weighted by Gasteiger charge is 2.10. The molecule has 0 unspecified atom stereocenters. The predicted octanol–water partition coefficient (Wildman–Crippen LogP) is 5.41. The van der Waals surface area contributed by atoms with Crippen molar-refractivity contribution in [2.24, 2.45) is 0 Å². The van der Waals surface area contributed by atoms with Crippen molar-refractivity contribution < 1.29 is 3.83 Å². The van der Waals surface area contributed by atoms with E-state index < -0.39 is 0 Å². The molecule has 0 aromatic heterocycles. The van der Waals surface area contributed by atoms with Gasteiger partial charge in [-0.3, -0.25) is 0 Å². The van der Waals surface area contributed by atoms with E-state index in [1.807, 2.05) is 0 Å². The topological polar surface area (TPSA) is 9.23 Å². The predicted molar refractivity (Wildman–Crippen MR) is 83.9 cm³/mol. The summed E-state index contributed by atoms with van der Waals surface area (Å²) in [6.07, 6.45) is 0. The van der Waals surface area contributed by atoms with Crippen molar-refractivity contribution in [3.8, 4) is 0 Å². The zero-order chi connectivity index (χ0) is 12.8. The molecule has 0 amide bonds. The monoisotopic (exact) mass is 310 g/mol. The second-order valence-electron chi connectivity index (χ2n) is 4.83. The van der Waals surface area contributed by atoms with Gasteiger partial charge in [0, 0.05) is 0 Å². The van der Waals surface area contributed by atoms with E-state index in [4.69, 9.17) is 3.83 Å². The molecule has 92 valence electrons. The summed E-state index contributed by atoms with van der Waals surface area (Å²) < 4.78 is 5.13. The molecule has 0 aliphatic rings. The van der Waals surface area contributed by atoms with Crippen molar-refractivity contribution in [3.63, 3.8) is 0 Å². The number of hydrogen-bond donors (Lipinski definition) is 0. The van der Waals surface area contributed by atoms with Crippen molar-refractivity contribution in [1.29, 1.82) is 0 Å². The Hall–Kier alpha value is -1.64. The summed E-state index contributed by atoms with van der Waals surface area (Å²) in [5.74, 6) is 0. The summed E-state index contributed by atoms with van der Waals surface area (Å²) in [7, 11) is 0. The van der Waals surface area contributed by atoms with Crippen LogP contribution in [0.2, 0.25) is 0 Å². The Morgan fingerprint density at radius 1 is 0.737 bits per heavy atom. The highest BCUT2D eigenvalue weighted by Crippen LogP contribution is 2.36. The van der Waals surface area contributed by atoms with E-state index in [1.165, 1.54) is 37.9 Å². The van der Waals surface area contributed by atoms with Gasteiger partial charge in [-0.05, 0) is 37.9 Å². The number of benzene rings is 4. The van der Waals surface area contributed by atoms with Gasteiger partial charge in [-0.2, -0.15) is 0 Å². The number of hydrogen-bond acceptors (Lipinski definition) is 1. The fraction of sp³-hybridized carbons (Fsp3) is 0.0588. The Balaban J connectivity index is 2.28. The van der Waals surface area contributed by atoms with Gasteiger partial charge >= 0.3 is 0 Å². The highest BCUT2D eigenvalue weighted by molar-refractivity contribution is 9.06. The molecule has 0 N–H and O–H groups in total. The second-order valence-corrected chi connectivity index (χ2v) is 5.29. The molecule has 0 heterocycles. The van der Waals surface area contributed by atoms with Gasteiger partial charge in [-0.25, -0.2) is 0 Å². The second kappa shape index (κ2) is 4.19. The Bertz CT molecular complexity index is 866. The molecule has 0 saturated heterocycles. The Kier molecular flexibility index (Phi) is 2.47. The minimum Gasteiger partial charge on any atom is -0.303 e. The summed E-state index contributed by atoms with van der Waals surface area (Å²) in [6.45, 7) is 0.578. The van der Waals surface area contributed by atoms with Crippen LogP contribution in [-0.2, 0) is 10.4 Å². The Labute approximate surface area is 119 Å². The quantitative estimate of drug-likeness (QED) is 0.450. The first-order chi connectivity index (χ1) is 9.38. The summed E-state index contributed by atoms with van der Waals surface area (Å²) in [5, 5.41) is 7.87. The molecule has 0 fully saturated rings. The van der Waals surface area contributed by atoms with Crippen molar-refractivity contribution in [2.75, 3.05) is 0 Å². The van der Waals surface area contributed by atoms with Gasteiger partial charge in [0.15, 0.2) is 0 Å². The van der Waals surface area contributed by atoms with Crippen molar-refractivity contribution in [3.05, 3.63) is 60.2 Å². The zero-order valence-corrected chi connectivity index (χ0v) is 11.8. The smallest absolute Gasteiger partial charge is 0.0991 e. The molecule has 0 saturated carbocycles. The van der Waals surface area contributed by atoms with Gasteiger partial charge in [-0.1, -0.05) is 54.6 Å². The molecule has 4 rings (SSSR count). The molecule has 4 aromatic rings. The minimum atomic E-state index is 0.578. The lowest BCUT2D eigenvalue weighted by atomic mass is 9.92. The van der Waals surface area contributed by atoms with Gasteiger partial charge in [0.1, 0.15) is 0 Å². The lowest BCUT2D eigenvalue weighted by Gasteiger charge is -2.13. The molecule has 19 heavy (non-hydrogen) atoms. The molecule has 4 aromatic carbocycles. The van der Waals surface area contributed by atoms with E-state index in [0.717, 1.165) is 0 Å². The van der Waals surface area contributed by atoms with Crippen LogP contribution < -0.4 is 0 Å². The van der Waals surface area contributed by atoms with Crippen molar-refractivity contribution in [1.82, 2.24) is 0 Å². The van der Waals surface area contributed by atoms with E-state index in [1.54, 1.807) is 0 Å². The summed E-state index contributed by atoms with van der Waals surface area (Å²) in [6, 6.07) is 19.6. The van der Waals surface area contributed by atoms with Gasteiger partial charge in [0.05, 0.1) is 22.9 Å². The van der Waals surface area contributed by atoms with Crippen LogP contribution >= 0.6 is 16.3 Å². The molecule has 0 atom stereocenters. The lowest BCUT2D eigenvalue weighted by molar-refractivity contribution is 0.389. The molecule has 0 aliphatic heterocycles. The minimum absolute atomic E-state index is 0.578. The normalized spacial score (nSPS) is 11.8. The highest BCUT2D eigenvalue weighted by atomic mass is 79.9. The third-order valence-electron chi connectivity index (χ3n) is 3.83. The van der Waals surface area contributed by atoms with Crippen LogP contribution in [0, 0.1) is 0 Å². The first-order valence-electron chi connectivity index (χ1n) is 6.27. The molecule has 0 bridgehead atoms. The first kappa shape index (κ1) is 11.2. The average molecular weight is 311 g/mol. The maximum atomic E-state index is 5.13. The standard InChI is InChI=1S/C17H11BrO/c18-19-10-14-7-6-13-5-4-11-2-1-3-12-8-9-15(14)17(13)16(11)12/h1-9H,10H2. The molecule has 0 aliphatic carbocycles. The number of rotatable bonds is 2. The Morgan fingerprint density at radius 3 is 2.11 bits per heavy atom.